The average Bonchev–Trinajstić information content (AvgIpc) is 2.70. The Morgan fingerprint density at radius 2 is 1.69 bits per heavy atom. The summed E-state index contributed by atoms with van der Waals surface area (Å²) < 4.78 is 0. The largest absolute Gasteiger partial charge is 0.492 e. The van der Waals surface area contributed by atoms with E-state index in [0.717, 1.165) is 16.7 Å². The van der Waals surface area contributed by atoms with E-state index < -0.39 is 17.9 Å². The SMILES string of the molecule is O=C(O)CC(Cc1ccc(-c2ccccc2)cc1)NC(=O)c1cnc(O)c(Cl)c1. The monoisotopic (exact) mass is 410 g/mol. The molecule has 0 saturated carbocycles. The third kappa shape index (κ3) is 5.56. The number of aliphatic carboxylic acids is 1. The van der Waals surface area contributed by atoms with E-state index in [1.54, 1.807) is 0 Å². The number of rotatable bonds is 7. The molecule has 1 unspecified atom stereocenters. The van der Waals surface area contributed by atoms with Crippen molar-refractivity contribution in [3.05, 3.63) is 83.0 Å². The molecule has 3 N–H and O–H groups in total. The maximum absolute atomic E-state index is 12.4. The number of hydrogen-bond acceptors (Lipinski definition) is 4. The van der Waals surface area contributed by atoms with Crippen LogP contribution in [0.25, 0.3) is 11.1 Å². The zero-order chi connectivity index (χ0) is 20.8. The summed E-state index contributed by atoms with van der Waals surface area (Å²) in [5.74, 6) is -1.89. The molecule has 0 aliphatic carbocycles. The molecule has 0 fully saturated rings. The number of hydrogen-bond donors (Lipinski definition) is 3. The van der Waals surface area contributed by atoms with Gasteiger partial charge in [-0.2, -0.15) is 0 Å². The van der Waals surface area contributed by atoms with E-state index in [-0.39, 0.29) is 22.9 Å². The Balaban J connectivity index is 1.72. The molecule has 0 spiro atoms. The van der Waals surface area contributed by atoms with Crippen LogP contribution in [0.1, 0.15) is 22.3 Å². The fraction of sp³-hybridized carbons (Fsp3) is 0.136. The van der Waals surface area contributed by atoms with Crippen LogP contribution in [0.5, 0.6) is 5.88 Å². The van der Waals surface area contributed by atoms with Gasteiger partial charge in [-0.3, -0.25) is 9.59 Å². The Morgan fingerprint density at radius 3 is 2.31 bits per heavy atom. The number of aromatic hydroxyl groups is 1. The highest BCUT2D eigenvalue weighted by Crippen LogP contribution is 2.22. The van der Waals surface area contributed by atoms with Crippen LogP contribution in [0.3, 0.4) is 0 Å². The summed E-state index contributed by atoms with van der Waals surface area (Å²) in [6, 6.07) is 18.3. The molecule has 1 heterocycles. The first-order chi connectivity index (χ1) is 13.9. The topological polar surface area (TPSA) is 99.5 Å². The maximum atomic E-state index is 12.4. The standard InChI is InChI=1S/C22H19ClN2O4/c23-19-11-17(13-24-22(19)29)21(28)25-18(12-20(26)27)10-14-6-8-16(9-7-14)15-4-2-1-3-5-15/h1-9,11,13,18H,10,12H2,(H,24,29)(H,25,28)(H,26,27). The average molecular weight is 411 g/mol. The summed E-state index contributed by atoms with van der Waals surface area (Å²) in [7, 11) is 0. The lowest BCUT2D eigenvalue weighted by Gasteiger charge is -2.17. The highest BCUT2D eigenvalue weighted by molar-refractivity contribution is 6.32. The Morgan fingerprint density at radius 1 is 1.03 bits per heavy atom. The molecule has 3 rings (SSSR count). The number of nitrogens with one attached hydrogen (secondary N) is 1. The minimum Gasteiger partial charge on any atom is -0.492 e. The van der Waals surface area contributed by atoms with Crippen molar-refractivity contribution in [3.63, 3.8) is 0 Å². The fourth-order valence-electron chi connectivity index (χ4n) is 2.96. The Hall–Kier alpha value is -3.38. The summed E-state index contributed by atoms with van der Waals surface area (Å²) in [5.41, 5.74) is 3.19. The number of aromatic nitrogens is 1. The summed E-state index contributed by atoms with van der Waals surface area (Å²) in [4.78, 5) is 27.3. The molecule has 29 heavy (non-hydrogen) atoms. The first kappa shape index (κ1) is 20.4. The number of pyridine rings is 1. The lowest BCUT2D eigenvalue weighted by molar-refractivity contribution is -0.137. The van der Waals surface area contributed by atoms with Crippen molar-refractivity contribution in [1.82, 2.24) is 10.3 Å². The third-order valence-electron chi connectivity index (χ3n) is 4.38. The molecule has 3 aromatic rings. The predicted molar refractivity (Wildman–Crippen MR) is 110 cm³/mol. The molecular formula is C22H19ClN2O4. The van der Waals surface area contributed by atoms with Crippen LogP contribution in [0.15, 0.2) is 66.9 Å². The van der Waals surface area contributed by atoms with Crippen LogP contribution in [0.2, 0.25) is 5.02 Å². The van der Waals surface area contributed by atoms with Gasteiger partial charge < -0.3 is 15.5 Å². The van der Waals surface area contributed by atoms with E-state index >= 15 is 0 Å². The number of carboxylic acids is 1. The molecule has 1 atom stereocenters. The molecule has 0 saturated heterocycles. The van der Waals surface area contributed by atoms with Gasteiger partial charge in [-0.05, 0) is 29.2 Å². The zero-order valence-electron chi connectivity index (χ0n) is 15.4. The number of benzene rings is 2. The van der Waals surface area contributed by atoms with E-state index in [1.807, 2.05) is 54.6 Å². The molecule has 0 bridgehead atoms. The van der Waals surface area contributed by atoms with E-state index in [9.17, 15) is 19.8 Å². The second kappa shape index (κ2) is 9.21. The second-order valence-electron chi connectivity index (χ2n) is 6.56. The number of amides is 1. The van der Waals surface area contributed by atoms with Gasteiger partial charge in [0.2, 0.25) is 5.88 Å². The highest BCUT2D eigenvalue weighted by atomic mass is 35.5. The Bertz CT molecular complexity index is 1010. The fourth-order valence-corrected chi connectivity index (χ4v) is 3.12. The molecule has 1 amide bonds. The molecule has 6 nitrogen and oxygen atoms in total. The third-order valence-corrected chi connectivity index (χ3v) is 4.66. The van der Waals surface area contributed by atoms with E-state index in [0.29, 0.717) is 6.42 Å². The molecule has 0 aliphatic heterocycles. The molecule has 148 valence electrons. The first-order valence-electron chi connectivity index (χ1n) is 8.94. The van der Waals surface area contributed by atoms with Gasteiger partial charge in [-0.1, -0.05) is 66.2 Å². The van der Waals surface area contributed by atoms with E-state index in [4.69, 9.17) is 11.6 Å². The summed E-state index contributed by atoms with van der Waals surface area (Å²) in [6.45, 7) is 0. The number of halogens is 1. The minimum atomic E-state index is -1.02. The minimum absolute atomic E-state index is 0.0519. The van der Waals surface area contributed by atoms with Gasteiger partial charge in [0.15, 0.2) is 0 Å². The van der Waals surface area contributed by atoms with Crippen molar-refractivity contribution < 1.29 is 19.8 Å². The van der Waals surface area contributed by atoms with Gasteiger partial charge in [0.25, 0.3) is 5.91 Å². The molecular weight excluding hydrogens is 392 g/mol. The Kier molecular flexibility index (Phi) is 6.46. The zero-order valence-corrected chi connectivity index (χ0v) is 16.1. The van der Waals surface area contributed by atoms with Gasteiger partial charge in [0.1, 0.15) is 5.02 Å². The summed E-state index contributed by atoms with van der Waals surface area (Å²) in [6.07, 6.45) is 1.31. The van der Waals surface area contributed by atoms with Crippen LogP contribution in [0.4, 0.5) is 0 Å². The first-order valence-corrected chi connectivity index (χ1v) is 9.31. The van der Waals surface area contributed by atoms with Crippen molar-refractivity contribution in [2.24, 2.45) is 0 Å². The van der Waals surface area contributed by atoms with Crippen LogP contribution in [-0.4, -0.2) is 33.1 Å². The van der Waals surface area contributed by atoms with Crippen molar-refractivity contribution in [3.8, 4) is 17.0 Å². The molecule has 7 heteroatoms. The van der Waals surface area contributed by atoms with Gasteiger partial charge in [-0.15, -0.1) is 0 Å². The lowest BCUT2D eigenvalue weighted by Crippen LogP contribution is -2.38. The van der Waals surface area contributed by atoms with Crippen molar-refractivity contribution in [2.45, 2.75) is 18.9 Å². The van der Waals surface area contributed by atoms with Crippen molar-refractivity contribution >= 4 is 23.5 Å². The second-order valence-corrected chi connectivity index (χ2v) is 6.97. The highest BCUT2D eigenvalue weighted by Gasteiger charge is 2.19. The van der Waals surface area contributed by atoms with Crippen LogP contribution in [-0.2, 0) is 11.2 Å². The molecule has 0 radical (unpaired) electrons. The number of nitrogens with zero attached hydrogens (tertiary/aromatic N) is 1. The number of carbonyl (C=O) groups is 2. The van der Waals surface area contributed by atoms with Crippen LogP contribution in [0, 0.1) is 0 Å². The van der Waals surface area contributed by atoms with E-state index in [2.05, 4.69) is 10.3 Å². The molecule has 2 aromatic carbocycles. The summed E-state index contributed by atoms with van der Waals surface area (Å²) in [5, 5.41) is 21.2. The lowest BCUT2D eigenvalue weighted by atomic mass is 9.99. The van der Waals surface area contributed by atoms with Crippen molar-refractivity contribution in [1.29, 1.82) is 0 Å². The van der Waals surface area contributed by atoms with Crippen LogP contribution < -0.4 is 5.32 Å². The van der Waals surface area contributed by atoms with Crippen LogP contribution >= 0.6 is 11.6 Å². The van der Waals surface area contributed by atoms with Gasteiger partial charge in [-0.25, -0.2) is 4.98 Å². The maximum Gasteiger partial charge on any atom is 0.305 e. The van der Waals surface area contributed by atoms with Gasteiger partial charge in [0, 0.05) is 12.2 Å². The number of carbonyl (C=O) groups excluding carboxylic acids is 1. The normalized spacial score (nSPS) is 11.6. The van der Waals surface area contributed by atoms with Gasteiger partial charge >= 0.3 is 5.97 Å². The summed E-state index contributed by atoms with van der Waals surface area (Å²) >= 11 is 5.79. The number of carboxylic acid groups (broad SMARTS) is 1. The van der Waals surface area contributed by atoms with E-state index in [1.165, 1.54) is 12.3 Å². The van der Waals surface area contributed by atoms with Gasteiger partial charge in [0.05, 0.1) is 12.0 Å². The smallest absolute Gasteiger partial charge is 0.305 e. The molecule has 0 aliphatic rings. The Labute approximate surface area is 172 Å². The van der Waals surface area contributed by atoms with Crippen molar-refractivity contribution in [2.75, 3.05) is 0 Å². The molecule has 1 aromatic heterocycles. The quantitative estimate of drug-likeness (QED) is 0.548. The predicted octanol–water partition coefficient (Wildman–Crippen LogP) is 3.92.